The van der Waals surface area contributed by atoms with Crippen molar-refractivity contribution in [2.45, 2.75) is 26.4 Å². The molecule has 1 N–H and O–H groups in total. The number of nitrogens with one attached hydrogen (secondary N) is 1. The zero-order chi connectivity index (χ0) is 21.3. The number of carbonyl (C=O) groups is 2. The van der Waals surface area contributed by atoms with E-state index in [4.69, 9.17) is 4.74 Å². The number of aryl methyl sites for hydroxylation is 1. The fourth-order valence-corrected chi connectivity index (χ4v) is 3.91. The molecule has 0 aliphatic rings. The van der Waals surface area contributed by atoms with Crippen LogP contribution in [0.2, 0.25) is 0 Å². The van der Waals surface area contributed by atoms with Crippen molar-refractivity contribution in [1.82, 2.24) is 10.2 Å². The Morgan fingerprint density at radius 3 is 2.60 bits per heavy atom. The summed E-state index contributed by atoms with van der Waals surface area (Å²) in [7, 11) is 1.63. The maximum absolute atomic E-state index is 13.0. The van der Waals surface area contributed by atoms with Crippen molar-refractivity contribution in [3.05, 3.63) is 87.6 Å². The van der Waals surface area contributed by atoms with Crippen LogP contribution in [0.3, 0.4) is 0 Å². The lowest BCUT2D eigenvalue weighted by Gasteiger charge is -2.23. The molecule has 0 spiro atoms. The van der Waals surface area contributed by atoms with Gasteiger partial charge in [0.2, 0.25) is 5.91 Å². The number of rotatable bonds is 9. The number of hydrogen-bond donors (Lipinski definition) is 1. The van der Waals surface area contributed by atoms with Crippen LogP contribution >= 0.6 is 11.3 Å². The van der Waals surface area contributed by atoms with E-state index in [-0.39, 0.29) is 18.2 Å². The molecule has 2 amide bonds. The zero-order valence-corrected chi connectivity index (χ0v) is 18.1. The van der Waals surface area contributed by atoms with Crippen molar-refractivity contribution in [2.75, 3.05) is 13.7 Å². The molecule has 0 bridgehead atoms. The van der Waals surface area contributed by atoms with Crippen LogP contribution in [0.15, 0.2) is 66.0 Å². The summed E-state index contributed by atoms with van der Waals surface area (Å²) in [5.74, 6) is 0.578. The van der Waals surface area contributed by atoms with Crippen molar-refractivity contribution < 1.29 is 14.3 Å². The monoisotopic (exact) mass is 422 g/mol. The summed E-state index contributed by atoms with van der Waals surface area (Å²) in [6, 6.07) is 19.1. The summed E-state index contributed by atoms with van der Waals surface area (Å²) >= 11 is 1.62. The quantitative estimate of drug-likeness (QED) is 0.556. The zero-order valence-electron chi connectivity index (χ0n) is 17.3. The van der Waals surface area contributed by atoms with Crippen LogP contribution in [0.4, 0.5) is 0 Å². The number of methoxy groups -OCH3 is 1. The molecule has 1 aromatic heterocycles. The lowest BCUT2D eigenvalue weighted by atomic mass is 10.1. The molecular weight excluding hydrogens is 396 g/mol. The Kier molecular flexibility index (Phi) is 7.63. The molecule has 0 atom stereocenters. The molecule has 3 aromatic rings. The fourth-order valence-electron chi connectivity index (χ4n) is 3.19. The van der Waals surface area contributed by atoms with Gasteiger partial charge in [-0.3, -0.25) is 9.59 Å². The number of benzene rings is 2. The highest BCUT2D eigenvalue weighted by molar-refractivity contribution is 7.09. The highest BCUT2D eigenvalue weighted by Gasteiger charge is 2.17. The molecule has 5 nitrogen and oxygen atoms in total. The molecule has 0 aliphatic heterocycles. The average Bonchev–Trinajstić information content (AvgIpc) is 3.26. The summed E-state index contributed by atoms with van der Waals surface area (Å²) in [5.41, 5.74) is 2.58. The normalized spacial score (nSPS) is 10.5. The number of para-hydroxylation sites is 1. The molecule has 156 valence electrons. The Morgan fingerprint density at radius 2 is 1.87 bits per heavy atom. The second-order valence-electron chi connectivity index (χ2n) is 7.02. The van der Waals surface area contributed by atoms with Gasteiger partial charge in [-0.2, -0.15) is 0 Å². The van der Waals surface area contributed by atoms with Gasteiger partial charge in [-0.05, 0) is 36.6 Å². The van der Waals surface area contributed by atoms with Gasteiger partial charge >= 0.3 is 0 Å². The topological polar surface area (TPSA) is 58.6 Å². The Labute approximate surface area is 181 Å². The van der Waals surface area contributed by atoms with Crippen LogP contribution in [-0.4, -0.2) is 30.4 Å². The Hall–Kier alpha value is -3.12. The first kappa shape index (κ1) is 21.6. The smallest absolute Gasteiger partial charge is 0.251 e. The molecule has 30 heavy (non-hydrogen) atoms. The third-order valence-corrected chi connectivity index (χ3v) is 5.60. The average molecular weight is 423 g/mol. The first-order valence-electron chi connectivity index (χ1n) is 9.83. The van der Waals surface area contributed by atoms with Gasteiger partial charge in [-0.25, -0.2) is 0 Å². The number of thiophene rings is 1. The first-order chi connectivity index (χ1) is 14.6. The Balaban J connectivity index is 1.63. The largest absolute Gasteiger partial charge is 0.496 e. The maximum Gasteiger partial charge on any atom is 0.251 e. The molecule has 0 fully saturated rings. The molecule has 1 heterocycles. The van der Waals surface area contributed by atoms with Gasteiger partial charge in [0.25, 0.3) is 5.91 Å². The summed E-state index contributed by atoms with van der Waals surface area (Å²) < 4.78 is 5.44. The molecule has 0 radical (unpaired) electrons. The predicted octanol–water partition coefficient (Wildman–Crippen LogP) is 4.41. The van der Waals surface area contributed by atoms with Crippen molar-refractivity contribution in [2.24, 2.45) is 0 Å². The van der Waals surface area contributed by atoms with Gasteiger partial charge < -0.3 is 15.0 Å². The van der Waals surface area contributed by atoms with Gasteiger partial charge in [0.15, 0.2) is 0 Å². The SMILES string of the molecule is COc1ccccc1CN(Cc1cccs1)C(=O)CCNC(=O)c1cccc(C)c1. The number of carbonyl (C=O) groups excluding carboxylic acids is 2. The van der Waals surface area contributed by atoms with E-state index in [9.17, 15) is 9.59 Å². The van der Waals surface area contributed by atoms with E-state index in [1.807, 2.05) is 71.8 Å². The maximum atomic E-state index is 13.0. The molecule has 0 aliphatic carbocycles. The lowest BCUT2D eigenvalue weighted by molar-refractivity contribution is -0.132. The number of nitrogens with zero attached hydrogens (tertiary/aromatic N) is 1. The van der Waals surface area contributed by atoms with Crippen LogP contribution in [0.5, 0.6) is 5.75 Å². The van der Waals surface area contributed by atoms with E-state index in [1.165, 1.54) is 0 Å². The summed E-state index contributed by atoms with van der Waals surface area (Å²) in [4.78, 5) is 28.2. The minimum atomic E-state index is -0.166. The molecule has 0 unspecified atom stereocenters. The third-order valence-electron chi connectivity index (χ3n) is 4.74. The molecular formula is C24H26N2O3S. The number of ether oxygens (including phenoxy) is 1. The summed E-state index contributed by atoms with van der Waals surface area (Å²) in [6.07, 6.45) is 0.234. The number of hydrogen-bond acceptors (Lipinski definition) is 4. The van der Waals surface area contributed by atoms with E-state index >= 15 is 0 Å². The minimum Gasteiger partial charge on any atom is -0.496 e. The molecule has 2 aromatic carbocycles. The van der Waals surface area contributed by atoms with E-state index in [1.54, 1.807) is 24.5 Å². The van der Waals surface area contributed by atoms with Crippen molar-refractivity contribution >= 4 is 23.2 Å². The molecule has 3 rings (SSSR count). The van der Waals surface area contributed by atoms with Crippen LogP contribution in [0, 0.1) is 6.92 Å². The predicted molar refractivity (Wildman–Crippen MR) is 120 cm³/mol. The standard InChI is InChI=1S/C24H26N2O3S/c1-18-7-5-9-19(15-18)24(28)25-13-12-23(27)26(17-21-10-6-14-30-21)16-20-8-3-4-11-22(20)29-2/h3-11,14-15H,12-13,16-17H2,1-2H3,(H,25,28). The van der Waals surface area contributed by atoms with E-state index in [0.717, 1.165) is 21.8 Å². The highest BCUT2D eigenvalue weighted by Crippen LogP contribution is 2.22. The van der Waals surface area contributed by atoms with E-state index in [0.29, 0.717) is 25.2 Å². The second kappa shape index (κ2) is 10.6. The second-order valence-corrected chi connectivity index (χ2v) is 8.05. The number of amides is 2. The van der Waals surface area contributed by atoms with Gasteiger partial charge in [0.05, 0.1) is 13.7 Å². The van der Waals surface area contributed by atoms with Crippen LogP contribution in [0.1, 0.15) is 32.8 Å². The van der Waals surface area contributed by atoms with E-state index in [2.05, 4.69) is 5.32 Å². The van der Waals surface area contributed by atoms with Crippen molar-refractivity contribution in [3.8, 4) is 5.75 Å². The molecule has 6 heteroatoms. The molecule has 0 saturated heterocycles. The highest BCUT2D eigenvalue weighted by atomic mass is 32.1. The minimum absolute atomic E-state index is 0.0150. The third kappa shape index (κ3) is 5.94. The Bertz CT molecular complexity index is 986. The van der Waals surface area contributed by atoms with Gasteiger partial charge in [-0.1, -0.05) is 42.0 Å². The summed E-state index contributed by atoms with van der Waals surface area (Å²) in [5, 5.41) is 4.85. The fraction of sp³-hybridized carbons (Fsp3) is 0.250. The van der Waals surface area contributed by atoms with Crippen LogP contribution < -0.4 is 10.1 Å². The van der Waals surface area contributed by atoms with Gasteiger partial charge in [-0.15, -0.1) is 11.3 Å². The van der Waals surface area contributed by atoms with Crippen LogP contribution in [-0.2, 0) is 17.9 Å². The van der Waals surface area contributed by atoms with Crippen molar-refractivity contribution in [3.63, 3.8) is 0 Å². The Morgan fingerprint density at radius 1 is 1.03 bits per heavy atom. The lowest BCUT2D eigenvalue weighted by Crippen LogP contribution is -2.34. The van der Waals surface area contributed by atoms with E-state index < -0.39 is 0 Å². The van der Waals surface area contributed by atoms with Crippen molar-refractivity contribution in [1.29, 1.82) is 0 Å². The first-order valence-corrected chi connectivity index (χ1v) is 10.7. The van der Waals surface area contributed by atoms with Gasteiger partial charge in [0, 0.05) is 35.5 Å². The van der Waals surface area contributed by atoms with Gasteiger partial charge in [0.1, 0.15) is 5.75 Å². The molecule has 0 saturated carbocycles. The summed E-state index contributed by atoms with van der Waals surface area (Å²) in [6.45, 7) is 3.21. The van der Waals surface area contributed by atoms with Crippen LogP contribution in [0.25, 0.3) is 0 Å².